The van der Waals surface area contributed by atoms with Crippen LogP contribution in [0.15, 0.2) is 36.4 Å². The summed E-state index contributed by atoms with van der Waals surface area (Å²) in [5.74, 6) is -3.22. The minimum atomic E-state index is -0.858. The van der Waals surface area contributed by atoms with Crippen LogP contribution in [0.5, 0.6) is 0 Å². The first kappa shape index (κ1) is 17.4. The highest BCUT2D eigenvalue weighted by Gasteiger charge is 2.36. The maximum atomic E-state index is 13.7. The molecule has 2 aromatic carbocycles. The van der Waals surface area contributed by atoms with Crippen LogP contribution >= 0.6 is 11.6 Å². The van der Waals surface area contributed by atoms with Gasteiger partial charge in [-0.1, -0.05) is 17.7 Å². The van der Waals surface area contributed by atoms with Crippen molar-refractivity contribution in [2.24, 2.45) is 5.92 Å². The molecule has 1 atom stereocenters. The largest absolute Gasteiger partial charge is 0.321 e. The number of benzene rings is 2. The average molecular weight is 365 g/mol. The number of carbonyl (C=O) groups excluding carboxylic acids is 2. The van der Waals surface area contributed by atoms with Crippen LogP contribution in [0.25, 0.3) is 0 Å². The predicted molar refractivity (Wildman–Crippen MR) is 91.6 cm³/mol. The molecule has 1 aliphatic rings. The zero-order valence-electron chi connectivity index (χ0n) is 13.4. The van der Waals surface area contributed by atoms with Crippen molar-refractivity contribution in [2.75, 3.05) is 16.8 Å². The third-order valence-electron chi connectivity index (χ3n) is 4.16. The first-order valence-electron chi connectivity index (χ1n) is 7.68. The van der Waals surface area contributed by atoms with Crippen molar-refractivity contribution in [3.8, 4) is 0 Å². The van der Waals surface area contributed by atoms with Crippen LogP contribution < -0.4 is 10.2 Å². The zero-order valence-corrected chi connectivity index (χ0v) is 14.1. The Hall–Kier alpha value is -2.47. The highest BCUT2D eigenvalue weighted by molar-refractivity contribution is 6.30. The Balaban J connectivity index is 1.77. The second kappa shape index (κ2) is 6.80. The van der Waals surface area contributed by atoms with E-state index in [9.17, 15) is 18.4 Å². The third-order valence-corrected chi connectivity index (χ3v) is 4.39. The monoisotopic (exact) mass is 364 g/mol. The summed E-state index contributed by atoms with van der Waals surface area (Å²) in [6.45, 7) is 1.96. The lowest BCUT2D eigenvalue weighted by atomic mass is 10.1. The highest BCUT2D eigenvalue weighted by atomic mass is 35.5. The molecule has 0 spiro atoms. The number of amides is 2. The molecule has 2 amide bonds. The van der Waals surface area contributed by atoms with Gasteiger partial charge in [0.1, 0.15) is 17.3 Å². The summed E-state index contributed by atoms with van der Waals surface area (Å²) >= 11 is 5.92. The fraction of sp³-hybridized carbons (Fsp3) is 0.222. The summed E-state index contributed by atoms with van der Waals surface area (Å²) in [5, 5.41) is 2.80. The number of carbonyl (C=O) groups is 2. The van der Waals surface area contributed by atoms with Crippen LogP contribution in [0.4, 0.5) is 20.2 Å². The molecule has 1 aliphatic heterocycles. The lowest BCUT2D eigenvalue weighted by molar-refractivity contribution is -0.122. The lowest BCUT2D eigenvalue weighted by Gasteiger charge is -2.19. The minimum absolute atomic E-state index is 0.0238. The number of para-hydroxylation sites is 1. The molecule has 7 heteroatoms. The molecule has 0 radical (unpaired) electrons. The van der Waals surface area contributed by atoms with Crippen molar-refractivity contribution >= 4 is 34.8 Å². The van der Waals surface area contributed by atoms with E-state index in [0.717, 1.165) is 17.7 Å². The second-order valence-electron chi connectivity index (χ2n) is 5.92. The Morgan fingerprint density at radius 2 is 1.92 bits per heavy atom. The van der Waals surface area contributed by atoms with Gasteiger partial charge in [-0.3, -0.25) is 9.59 Å². The van der Waals surface area contributed by atoms with Gasteiger partial charge in [0.2, 0.25) is 11.8 Å². The van der Waals surface area contributed by atoms with Gasteiger partial charge in [0.15, 0.2) is 0 Å². The Labute approximate surface area is 148 Å². The van der Waals surface area contributed by atoms with E-state index >= 15 is 0 Å². The minimum Gasteiger partial charge on any atom is -0.321 e. The molecule has 0 saturated carbocycles. The fourth-order valence-corrected chi connectivity index (χ4v) is 3.11. The molecule has 130 valence electrons. The molecule has 0 aliphatic carbocycles. The van der Waals surface area contributed by atoms with Gasteiger partial charge in [0, 0.05) is 23.7 Å². The Morgan fingerprint density at radius 1 is 1.24 bits per heavy atom. The summed E-state index contributed by atoms with van der Waals surface area (Å²) < 4.78 is 27.3. The topological polar surface area (TPSA) is 49.4 Å². The Bertz CT molecular complexity index is 837. The molecule has 1 heterocycles. The van der Waals surface area contributed by atoms with Crippen LogP contribution in [-0.4, -0.2) is 18.4 Å². The number of aryl methyl sites for hydroxylation is 1. The van der Waals surface area contributed by atoms with Crippen LogP contribution in [0.2, 0.25) is 5.02 Å². The van der Waals surface area contributed by atoms with Crippen molar-refractivity contribution in [3.05, 3.63) is 58.6 Å². The number of rotatable bonds is 3. The van der Waals surface area contributed by atoms with Gasteiger partial charge in [-0.15, -0.1) is 0 Å². The van der Waals surface area contributed by atoms with E-state index in [0.29, 0.717) is 10.7 Å². The van der Waals surface area contributed by atoms with E-state index < -0.39 is 29.1 Å². The van der Waals surface area contributed by atoms with Gasteiger partial charge in [0.05, 0.1) is 5.92 Å². The van der Waals surface area contributed by atoms with Crippen molar-refractivity contribution < 1.29 is 18.4 Å². The molecule has 1 unspecified atom stereocenters. The van der Waals surface area contributed by atoms with E-state index in [-0.39, 0.29) is 18.9 Å². The number of nitrogens with zero attached hydrogens (tertiary/aromatic N) is 1. The lowest BCUT2D eigenvalue weighted by Crippen LogP contribution is -2.29. The van der Waals surface area contributed by atoms with Crippen LogP contribution in [0.3, 0.4) is 0 Å². The molecule has 25 heavy (non-hydrogen) atoms. The van der Waals surface area contributed by atoms with E-state index in [4.69, 9.17) is 11.6 Å². The normalized spacial score (nSPS) is 17.0. The van der Waals surface area contributed by atoms with Gasteiger partial charge >= 0.3 is 0 Å². The van der Waals surface area contributed by atoms with Crippen molar-refractivity contribution in [3.63, 3.8) is 0 Å². The molecular formula is C18H15ClF2N2O2. The average Bonchev–Trinajstić information content (AvgIpc) is 2.93. The summed E-state index contributed by atoms with van der Waals surface area (Å²) in [7, 11) is 0. The molecule has 3 rings (SSSR count). The molecule has 0 bridgehead atoms. The van der Waals surface area contributed by atoms with Gasteiger partial charge in [-0.05, 0) is 42.8 Å². The van der Waals surface area contributed by atoms with Crippen molar-refractivity contribution in [2.45, 2.75) is 13.3 Å². The van der Waals surface area contributed by atoms with Crippen LogP contribution in [0, 0.1) is 24.5 Å². The predicted octanol–water partition coefficient (Wildman–Crippen LogP) is 3.92. The Morgan fingerprint density at radius 3 is 2.56 bits per heavy atom. The molecule has 1 saturated heterocycles. The van der Waals surface area contributed by atoms with E-state index in [1.165, 1.54) is 11.0 Å². The summed E-state index contributed by atoms with van der Waals surface area (Å²) in [5.41, 5.74) is 0.977. The summed E-state index contributed by atoms with van der Waals surface area (Å²) in [4.78, 5) is 26.1. The number of anilines is 2. The van der Waals surface area contributed by atoms with E-state index in [1.54, 1.807) is 18.2 Å². The van der Waals surface area contributed by atoms with E-state index in [2.05, 4.69) is 5.32 Å². The highest BCUT2D eigenvalue weighted by Crippen LogP contribution is 2.30. The smallest absolute Gasteiger partial charge is 0.229 e. The summed E-state index contributed by atoms with van der Waals surface area (Å²) in [6.07, 6.45) is -0.0238. The van der Waals surface area contributed by atoms with Gasteiger partial charge < -0.3 is 10.2 Å². The fourth-order valence-electron chi connectivity index (χ4n) is 2.88. The maximum absolute atomic E-state index is 13.7. The molecular weight excluding hydrogens is 350 g/mol. The molecule has 2 aromatic rings. The second-order valence-corrected chi connectivity index (χ2v) is 6.36. The quantitative estimate of drug-likeness (QED) is 0.897. The van der Waals surface area contributed by atoms with Gasteiger partial charge in [0.25, 0.3) is 0 Å². The first-order chi connectivity index (χ1) is 11.9. The van der Waals surface area contributed by atoms with Crippen LogP contribution in [0.1, 0.15) is 12.0 Å². The SMILES string of the molecule is Cc1cc(Cl)ccc1N1CC(C(=O)Nc2c(F)cccc2F)CC1=O. The molecule has 4 nitrogen and oxygen atoms in total. The van der Waals surface area contributed by atoms with Gasteiger partial charge in [-0.2, -0.15) is 0 Å². The van der Waals surface area contributed by atoms with Crippen LogP contribution in [-0.2, 0) is 9.59 Å². The molecule has 0 aromatic heterocycles. The third kappa shape index (κ3) is 3.49. The number of nitrogens with one attached hydrogen (secondary N) is 1. The van der Waals surface area contributed by atoms with Crippen molar-refractivity contribution in [1.29, 1.82) is 0 Å². The van der Waals surface area contributed by atoms with Crippen molar-refractivity contribution in [1.82, 2.24) is 0 Å². The zero-order chi connectivity index (χ0) is 18.1. The first-order valence-corrected chi connectivity index (χ1v) is 8.06. The molecule has 1 N–H and O–H groups in total. The number of hydrogen-bond donors (Lipinski definition) is 1. The standard InChI is InChI=1S/C18H15ClF2N2O2/c1-10-7-12(19)5-6-15(10)23-9-11(8-16(23)24)18(25)22-17-13(20)3-2-4-14(17)21/h2-7,11H,8-9H2,1H3,(H,22,25). The van der Waals surface area contributed by atoms with Gasteiger partial charge in [-0.25, -0.2) is 8.78 Å². The number of hydrogen-bond acceptors (Lipinski definition) is 2. The summed E-state index contributed by atoms with van der Waals surface area (Å²) in [6, 6.07) is 8.44. The molecule has 1 fully saturated rings. The Kier molecular flexibility index (Phi) is 4.72. The maximum Gasteiger partial charge on any atom is 0.229 e. The van der Waals surface area contributed by atoms with E-state index in [1.807, 2.05) is 6.92 Å². The number of halogens is 3.